The van der Waals surface area contributed by atoms with Gasteiger partial charge in [0.15, 0.2) is 0 Å². The van der Waals surface area contributed by atoms with E-state index in [9.17, 15) is 19.5 Å². The molecule has 3 atom stereocenters. The number of carbonyl (C=O) groups is 3. The lowest BCUT2D eigenvalue weighted by Gasteiger charge is -2.25. The number of carboxylic acids is 1. The number of methoxy groups -OCH3 is 1. The Balaban J connectivity index is 1.49. The Hall–Kier alpha value is -4.75. The van der Waals surface area contributed by atoms with Crippen LogP contribution in [0.25, 0.3) is 11.1 Å². The van der Waals surface area contributed by atoms with Gasteiger partial charge in [-0.1, -0.05) is 109 Å². The number of carboxylic acid groups (broad SMARTS) is 1. The molecule has 0 spiro atoms. The van der Waals surface area contributed by atoms with Gasteiger partial charge in [0.2, 0.25) is 11.8 Å². The molecule has 0 aliphatic heterocycles. The first-order valence-corrected chi connectivity index (χ1v) is 15.4. The van der Waals surface area contributed by atoms with Gasteiger partial charge < -0.3 is 20.5 Å². The first-order chi connectivity index (χ1) is 21.9. The standard InChI is InChI=1S/C38H42N2O5/c1-27-14-12-21-31(36(27)30-19-10-5-11-20-30)22-13-23-32(25-35(41)42)37(43)39-33(24-28-15-6-3-7-16-28)38(44)40-34(26-45-2)29-17-8-4-9-18-29/h3-12,14-21,32-34H,13,22-26H2,1-2H3,(H,39,43)(H,40,44)(H,41,42). The van der Waals surface area contributed by atoms with E-state index in [1.807, 2.05) is 84.9 Å². The van der Waals surface area contributed by atoms with Crippen LogP contribution in [-0.4, -0.2) is 42.6 Å². The molecule has 4 aromatic carbocycles. The zero-order chi connectivity index (χ0) is 32.0. The highest BCUT2D eigenvalue weighted by Crippen LogP contribution is 2.29. The van der Waals surface area contributed by atoms with Crippen LogP contribution in [-0.2, 0) is 32.0 Å². The molecular formula is C38H42N2O5. The van der Waals surface area contributed by atoms with E-state index in [4.69, 9.17) is 4.74 Å². The number of carbonyl (C=O) groups excluding carboxylic acids is 2. The van der Waals surface area contributed by atoms with E-state index >= 15 is 0 Å². The Morgan fingerprint density at radius 2 is 1.42 bits per heavy atom. The largest absolute Gasteiger partial charge is 0.481 e. The zero-order valence-electron chi connectivity index (χ0n) is 25.9. The molecule has 0 aliphatic carbocycles. The third-order valence-corrected chi connectivity index (χ3v) is 7.98. The minimum Gasteiger partial charge on any atom is -0.481 e. The molecule has 0 aromatic heterocycles. The van der Waals surface area contributed by atoms with E-state index < -0.39 is 29.9 Å². The molecule has 0 saturated heterocycles. The van der Waals surface area contributed by atoms with E-state index in [-0.39, 0.29) is 25.4 Å². The summed E-state index contributed by atoms with van der Waals surface area (Å²) in [6, 6.07) is 34.0. The highest BCUT2D eigenvalue weighted by molar-refractivity contribution is 5.90. The third kappa shape index (κ3) is 9.88. The topological polar surface area (TPSA) is 105 Å². The average Bonchev–Trinajstić information content (AvgIpc) is 3.05. The number of aliphatic carboxylic acids is 1. The number of rotatable bonds is 16. The number of aryl methyl sites for hydroxylation is 2. The molecule has 4 aromatic rings. The summed E-state index contributed by atoms with van der Waals surface area (Å²) >= 11 is 0. The second-order valence-corrected chi connectivity index (χ2v) is 11.3. The normalized spacial score (nSPS) is 12.9. The second-order valence-electron chi connectivity index (χ2n) is 11.3. The molecule has 7 nitrogen and oxygen atoms in total. The molecule has 0 heterocycles. The van der Waals surface area contributed by atoms with E-state index in [2.05, 4.69) is 41.8 Å². The molecule has 0 bridgehead atoms. The second kappa shape index (κ2) is 16.9. The van der Waals surface area contributed by atoms with Gasteiger partial charge in [-0.3, -0.25) is 14.4 Å². The molecule has 3 N–H and O–H groups in total. The molecular weight excluding hydrogens is 564 g/mol. The van der Waals surface area contributed by atoms with Crippen LogP contribution >= 0.6 is 0 Å². The Morgan fingerprint density at radius 1 is 0.778 bits per heavy atom. The van der Waals surface area contributed by atoms with Gasteiger partial charge in [0.1, 0.15) is 6.04 Å². The maximum absolute atomic E-state index is 13.7. The van der Waals surface area contributed by atoms with Crippen LogP contribution in [0.5, 0.6) is 0 Å². The van der Waals surface area contributed by atoms with Crippen molar-refractivity contribution in [3.05, 3.63) is 131 Å². The molecule has 4 rings (SSSR count). The summed E-state index contributed by atoms with van der Waals surface area (Å²) in [5.41, 5.74) is 6.37. The van der Waals surface area contributed by atoms with Gasteiger partial charge in [-0.05, 0) is 59.6 Å². The van der Waals surface area contributed by atoms with Crippen molar-refractivity contribution >= 4 is 17.8 Å². The number of benzene rings is 4. The van der Waals surface area contributed by atoms with Gasteiger partial charge in [0, 0.05) is 19.4 Å². The summed E-state index contributed by atoms with van der Waals surface area (Å²) in [7, 11) is 1.57. The van der Waals surface area contributed by atoms with Gasteiger partial charge in [0.05, 0.1) is 19.1 Å². The SMILES string of the molecule is COCC(NC(=O)C(Cc1ccccc1)NC(=O)C(CCCc1cccc(C)c1-c1ccccc1)CC(=O)O)c1ccccc1. The highest BCUT2D eigenvalue weighted by Gasteiger charge is 2.29. The van der Waals surface area contributed by atoms with Crippen LogP contribution in [0.1, 0.15) is 47.6 Å². The Bertz CT molecular complexity index is 1530. The van der Waals surface area contributed by atoms with Gasteiger partial charge in [-0.25, -0.2) is 0 Å². The minimum atomic E-state index is -1.05. The molecule has 234 valence electrons. The van der Waals surface area contributed by atoms with Gasteiger partial charge in [-0.2, -0.15) is 0 Å². The Kier molecular flexibility index (Phi) is 12.5. The van der Waals surface area contributed by atoms with E-state index in [1.165, 1.54) is 5.56 Å². The summed E-state index contributed by atoms with van der Waals surface area (Å²) < 4.78 is 5.38. The molecule has 2 amide bonds. The Labute approximate surface area is 265 Å². The van der Waals surface area contributed by atoms with Crippen molar-refractivity contribution in [1.29, 1.82) is 0 Å². The Morgan fingerprint density at radius 3 is 2.07 bits per heavy atom. The smallest absolute Gasteiger partial charge is 0.304 e. The van der Waals surface area contributed by atoms with Crippen molar-refractivity contribution in [2.45, 2.75) is 51.1 Å². The maximum atomic E-state index is 13.7. The van der Waals surface area contributed by atoms with Gasteiger partial charge >= 0.3 is 5.97 Å². The monoisotopic (exact) mass is 606 g/mol. The van der Waals surface area contributed by atoms with Crippen LogP contribution in [0, 0.1) is 12.8 Å². The van der Waals surface area contributed by atoms with Crippen molar-refractivity contribution in [2.75, 3.05) is 13.7 Å². The lowest BCUT2D eigenvalue weighted by atomic mass is 9.90. The van der Waals surface area contributed by atoms with Crippen LogP contribution in [0.15, 0.2) is 109 Å². The highest BCUT2D eigenvalue weighted by atomic mass is 16.5. The molecule has 0 fully saturated rings. The van der Waals surface area contributed by atoms with Crippen molar-refractivity contribution < 1.29 is 24.2 Å². The van der Waals surface area contributed by atoms with Crippen molar-refractivity contribution in [2.24, 2.45) is 5.92 Å². The number of hydrogen-bond donors (Lipinski definition) is 3. The first-order valence-electron chi connectivity index (χ1n) is 15.4. The van der Waals surface area contributed by atoms with Gasteiger partial charge in [-0.15, -0.1) is 0 Å². The molecule has 45 heavy (non-hydrogen) atoms. The van der Waals surface area contributed by atoms with Crippen LogP contribution in [0.4, 0.5) is 0 Å². The number of amides is 2. The van der Waals surface area contributed by atoms with E-state index in [0.717, 1.165) is 27.8 Å². The fourth-order valence-corrected chi connectivity index (χ4v) is 5.72. The summed E-state index contributed by atoms with van der Waals surface area (Å²) in [6.45, 7) is 2.34. The first kappa shape index (κ1) is 33.1. The van der Waals surface area contributed by atoms with Crippen molar-refractivity contribution in [3.63, 3.8) is 0 Å². The number of hydrogen-bond acceptors (Lipinski definition) is 4. The molecule has 0 aliphatic rings. The van der Waals surface area contributed by atoms with Crippen molar-refractivity contribution in [1.82, 2.24) is 10.6 Å². The van der Waals surface area contributed by atoms with Crippen LogP contribution in [0.2, 0.25) is 0 Å². The summed E-state index contributed by atoms with van der Waals surface area (Å²) in [4.78, 5) is 39.2. The quantitative estimate of drug-likeness (QED) is 0.139. The predicted molar refractivity (Wildman–Crippen MR) is 177 cm³/mol. The number of ether oxygens (including phenoxy) is 1. The van der Waals surface area contributed by atoms with E-state index in [1.54, 1.807) is 7.11 Å². The molecule has 7 heteroatoms. The van der Waals surface area contributed by atoms with Gasteiger partial charge in [0.25, 0.3) is 0 Å². The third-order valence-electron chi connectivity index (χ3n) is 7.98. The summed E-state index contributed by atoms with van der Waals surface area (Å²) in [5.74, 6) is -2.64. The lowest BCUT2D eigenvalue weighted by molar-refractivity contribution is -0.141. The van der Waals surface area contributed by atoms with Crippen molar-refractivity contribution in [3.8, 4) is 11.1 Å². The number of nitrogens with one attached hydrogen (secondary N) is 2. The average molecular weight is 607 g/mol. The molecule has 0 radical (unpaired) electrons. The van der Waals surface area contributed by atoms with Crippen LogP contribution in [0.3, 0.4) is 0 Å². The minimum absolute atomic E-state index is 0.257. The van der Waals surface area contributed by atoms with Crippen LogP contribution < -0.4 is 10.6 Å². The zero-order valence-corrected chi connectivity index (χ0v) is 25.9. The fourth-order valence-electron chi connectivity index (χ4n) is 5.72. The molecule has 0 saturated carbocycles. The predicted octanol–water partition coefficient (Wildman–Crippen LogP) is 6.31. The summed E-state index contributed by atoms with van der Waals surface area (Å²) in [6.07, 6.45) is 1.63. The summed E-state index contributed by atoms with van der Waals surface area (Å²) in [5, 5.41) is 15.6. The van der Waals surface area contributed by atoms with E-state index in [0.29, 0.717) is 19.3 Å². The fraction of sp³-hybridized carbons (Fsp3) is 0.289. The molecule has 3 unspecified atom stereocenters. The maximum Gasteiger partial charge on any atom is 0.304 e. The lowest BCUT2D eigenvalue weighted by Crippen LogP contribution is -2.51.